The smallest absolute Gasteiger partial charge is 0.331 e. The van der Waals surface area contributed by atoms with Crippen molar-refractivity contribution in [2.24, 2.45) is 4.99 Å². The molecule has 0 N–H and O–H groups in total. The number of carbonyl (C=O) groups excluding carboxylic acids is 2. The van der Waals surface area contributed by atoms with Crippen molar-refractivity contribution in [2.75, 3.05) is 24.5 Å². The highest BCUT2D eigenvalue weighted by Gasteiger charge is 2.41. The Hall–Kier alpha value is -2.87. The molecule has 1 aromatic heterocycles. The van der Waals surface area contributed by atoms with E-state index >= 15 is 0 Å². The van der Waals surface area contributed by atoms with Crippen molar-refractivity contribution in [3.63, 3.8) is 0 Å². The van der Waals surface area contributed by atoms with E-state index in [0.717, 1.165) is 11.3 Å². The minimum absolute atomic E-state index is 0.0296. The summed E-state index contributed by atoms with van der Waals surface area (Å²) in [6.07, 6.45) is 1.70. The van der Waals surface area contributed by atoms with Crippen LogP contribution in [0.2, 0.25) is 5.02 Å². The van der Waals surface area contributed by atoms with E-state index in [9.17, 15) is 9.59 Å². The lowest BCUT2D eigenvalue weighted by atomic mass is 10.2. The van der Waals surface area contributed by atoms with E-state index in [1.165, 1.54) is 4.90 Å². The van der Waals surface area contributed by atoms with Crippen LogP contribution >= 0.6 is 11.6 Å². The Morgan fingerprint density at radius 1 is 1.17 bits per heavy atom. The maximum Gasteiger partial charge on any atom is 0.331 e. The molecule has 0 atom stereocenters. The lowest BCUT2D eigenvalue weighted by Gasteiger charge is -2.37. The van der Waals surface area contributed by atoms with Crippen LogP contribution in [-0.2, 0) is 4.79 Å². The lowest BCUT2D eigenvalue weighted by molar-refractivity contribution is -0.133. The van der Waals surface area contributed by atoms with E-state index in [4.69, 9.17) is 11.6 Å². The first kappa shape index (κ1) is 20.4. The van der Waals surface area contributed by atoms with Crippen molar-refractivity contribution >= 4 is 35.2 Å². The maximum atomic E-state index is 13.3. The number of urea groups is 1. The lowest BCUT2D eigenvalue weighted by Crippen LogP contribution is -2.55. The van der Waals surface area contributed by atoms with Gasteiger partial charge in [0.25, 0.3) is 0 Å². The standard InChI is InChI=1S/C21H25ClN6O2/c1-13(2)27(14(3)4)18(29)12-26-20-17(19-23-9-10-25(19)21(26)30)11-24-28(20)16-7-5-15(22)6-8-16/h5-8,11,13-14H,9-10,12H2,1-4H3. The molecule has 158 valence electrons. The fourth-order valence-corrected chi connectivity index (χ4v) is 4.29. The average molecular weight is 429 g/mol. The van der Waals surface area contributed by atoms with E-state index in [1.807, 2.05) is 39.8 Å². The monoisotopic (exact) mass is 428 g/mol. The summed E-state index contributed by atoms with van der Waals surface area (Å²) >= 11 is 6.03. The molecule has 3 amide bonds. The molecule has 0 radical (unpaired) electrons. The molecule has 30 heavy (non-hydrogen) atoms. The number of benzene rings is 1. The highest BCUT2D eigenvalue weighted by atomic mass is 35.5. The molecule has 0 saturated carbocycles. The zero-order valence-corrected chi connectivity index (χ0v) is 18.3. The number of amides is 3. The molecule has 1 aromatic carbocycles. The molecule has 2 aliphatic rings. The number of hydrogen-bond donors (Lipinski definition) is 0. The number of amidine groups is 1. The highest BCUT2D eigenvalue weighted by molar-refractivity contribution is 6.30. The van der Waals surface area contributed by atoms with Crippen LogP contribution in [0, 0.1) is 0 Å². The molecule has 4 rings (SSSR count). The summed E-state index contributed by atoms with van der Waals surface area (Å²) in [6.45, 7) is 8.89. The molecular formula is C21H25ClN6O2. The van der Waals surface area contributed by atoms with Crippen molar-refractivity contribution in [3.8, 4) is 5.69 Å². The summed E-state index contributed by atoms with van der Waals surface area (Å²) in [6, 6.07) is 7.00. The summed E-state index contributed by atoms with van der Waals surface area (Å²) in [5.41, 5.74) is 1.50. The molecule has 8 nitrogen and oxygen atoms in total. The van der Waals surface area contributed by atoms with Gasteiger partial charge >= 0.3 is 6.03 Å². The van der Waals surface area contributed by atoms with Crippen molar-refractivity contribution < 1.29 is 9.59 Å². The van der Waals surface area contributed by atoms with E-state index in [1.54, 1.807) is 32.8 Å². The van der Waals surface area contributed by atoms with E-state index < -0.39 is 0 Å². The van der Waals surface area contributed by atoms with Crippen LogP contribution in [0.4, 0.5) is 10.6 Å². The Balaban J connectivity index is 1.79. The molecule has 2 aromatic rings. The maximum absolute atomic E-state index is 13.3. The predicted molar refractivity (Wildman–Crippen MR) is 117 cm³/mol. The normalized spacial score (nSPS) is 15.6. The van der Waals surface area contributed by atoms with Crippen LogP contribution in [0.15, 0.2) is 35.5 Å². The van der Waals surface area contributed by atoms with Crippen LogP contribution in [0.3, 0.4) is 0 Å². The van der Waals surface area contributed by atoms with Crippen LogP contribution < -0.4 is 4.90 Å². The Bertz CT molecular complexity index is 1000. The first-order valence-electron chi connectivity index (χ1n) is 10.1. The second-order valence-corrected chi connectivity index (χ2v) is 8.42. The Kier molecular flexibility index (Phi) is 5.27. The zero-order chi connectivity index (χ0) is 21.6. The second-order valence-electron chi connectivity index (χ2n) is 7.98. The molecule has 0 saturated heterocycles. The summed E-state index contributed by atoms with van der Waals surface area (Å²) in [4.78, 5) is 36.0. The molecular weight excluding hydrogens is 404 g/mol. The quantitative estimate of drug-likeness (QED) is 0.734. The van der Waals surface area contributed by atoms with E-state index in [-0.39, 0.29) is 30.6 Å². The van der Waals surface area contributed by atoms with Crippen molar-refractivity contribution in [2.45, 2.75) is 39.8 Å². The number of halogens is 1. The molecule has 0 unspecified atom stereocenters. The van der Waals surface area contributed by atoms with Gasteiger partial charge < -0.3 is 4.90 Å². The van der Waals surface area contributed by atoms with Crippen molar-refractivity contribution in [1.29, 1.82) is 0 Å². The van der Waals surface area contributed by atoms with Crippen LogP contribution in [0.1, 0.15) is 33.3 Å². The first-order valence-corrected chi connectivity index (χ1v) is 10.5. The number of fused-ring (bicyclic) bond motifs is 3. The number of rotatable bonds is 5. The third-order valence-electron chi connectivity index (χ3n) is 5.31. The molecule has 2 aliphatic heterocycles. The minimum Gasteiger partial charge on any atom is -0.336 e. The molecule has 9 heteroatoms. The molecule has 3 heterocycles. The van der Waals surface area contributed by atoms with E-state index in [0.29, 0.717) is 29.8 Å². The first-order chi connectivity index (χ1) is 14.3. The summed E-state index contributed by atoms with van der Waals surface area (Å²) in [7, 11) is 0. The Morgan fingerprint density at radius 3 is 2.47 bits per heavy atom. The fourth-order valence-electron chi connectivity index (χ4n) is 4.16. The van der Waals surface area contributed by atoms with Gasteiger partial charge in [-0.3, -0.25) is 19.6 Å². The minimum atomic E-state index is -0.254. The summed E-state index contributed by atoms with van der Waals surface area (Å²) in [5.74, 6) is 1.06. The van der Waals surface area contributed by atoms with Crippen LogP contribution in [-0.4, -0.2) is 69.1 Å². The van der Waals surface area contributed by atoms with Gasteiger partial charge in [0.1, 0.15) is 12.4 Å². The summed E-state index contributed by atoms with van der Waals surface area (Å²) in [5, 5.41) is 5.12. The van der Waals surface area contributed by atoms with Gasteiger partial charge in [0, 0.05) is 23.7 Å². The van der Waals surface area contributed by atoms with Crippen LogP contribution in [0.5, 0.6) is 0 Å². The van der Waals surface area contributed by atoms with Gasteiger partial charge in [-0.15, -0.1) is 0 Å². The molecule has 0 bridgehead atoms. The number of carbonyl (C=O) groups is 2. The van der Waals surface area contributed by atoms with Gasteiger partial charge in [-0.25, -0.2) is 9.48 Å². The predicted octanol–water partition coefficient (Wildman–Crippen LogP) is 3.17. The fraction of sp³-hybridized carbons (Fsp3) is 0.429. The van der Waals surface area contributed by atoms with Crippen molar-refractivity contribution in [1.82, 2.24) is 19.6 Å². The number of hydrogen-bond acceptors (Lipinski definition) is 4. The molecule has 0 aliphatic carbocycles. The van der Waals surface area contributed by atoms with Gasteiger partial charge in [-0.05, 0) is 52.0 Å². The molecule has 0 fully saturated rings. The van der Waals surface area contributed by atoms with Gasteiger partial charge in [0.15, 0.2) is 5.82 Å². The summed E-state index contributed by atoms with van der Waals surface area (Å²) < 4.78 is 1.67. The largest absolute Gasteiger partial charge is 0.336 e. The molecule has 0 spiro atoms. The van der Waals surface area contributed by atoms with Gasteiger partial charge in [-0.1, -0.05) is 11.6 Å². The van der Waals surface area contributed by atoms with Gasteiger partial charge in [0.05, 0.1) is 24.0 Å². The van der Waals surface area contributed by atoms with E-state index in [2.05, 4.69) is 10.1 Å². The number of aliphatic imine (C=N–C) groups is 1. The second kappa shape index (κ2) is 7.75. The van der Waals surface area contributed by atoms with Gasteiger partial charge in [-0.2, -0.15) is 5.10 Å². The van der Waals surface area contributed by atoms with Crippen molar-refractivity contribution in [3.05, 3.63) is 41.0 Å². The van der Waals surface area contributed by atoms with Crippen LogP contribution in [0.25, 0.3) is 5.69 Å². The topological polar surface area (TPSA) is 74.0 Å². The highest BCUT2D eigenvalue weighted by Crippen LogP contribution is 2.33. The number of nitrogens with zero attached hydrogens (tertiary/aromatic N) is 6. The number of anilines is 1. The van der Waals surface area contributed by atoms with Gasteiger partial charge in [0.2, 0.25) is 5.91 Å². The third-order valence-corrected chi connectivity index (χ3v) is 5.56. The Morgan fingerprint density at radius 2 is 1.83 bits per heavy atom. The average Bonchev–Trinajstić information content (AvgIpc) is 3.32. The third kappa shape index (κ3) is 3.35. The number of aromatic nitrogens is 2. The Labute approximate surface area is 180 Å². The zero-order valence-electron chi connectivity index (χ0n) is 17.5. The SMILES string of the molecule is CC(C)N(C(=O)CN1C(=O)N2CCN=C2c2cnn(-c3ccc(Cl)cc3)c21)C(C)C.